The molecule has 0 unspecified atom stereocenters. The third-order valence-corrected chi connectivity index (χ3v) is 5.35. The molecule has 1 amide bonds. The largest absolute Gasteiger partial charge is 0.478 e. The number of nitrogens with two attached hydrogens (primary N) is 1. The molecule has 11 heteroatoms. The number of nitrogens with one attached hydrogen (secondary N) is 2. The zero-order valence-electron chi connectivity index (χ0n) is 19.3. The maximum absolute atomic E-state index is 12.0. The molecule has 1 heterocycles. The molecule has 0 fully saturated rings. The van der Waals surface area contributed by atoms with E-state index in [1.807, 2.05) is 54.6 Å². The van der Waals surface area contributed by atoms with E-state index in [1.54, 1.807) is 5.38 Å². The average Bonchev–Trinajstić information content (AvgIpc) is 3.26. The predicted octanol–water partition coefficient (Wildman–Crippen LogP) is 2.48. The van der Waals surface area contributed by atoms with Gasteiger partial charge >= 0.3 is 11.9 Å². The molecule has 1 atom stereocenters. The van der Waals surface area contributed by atoms with Crippen LogP contribution in [0.5, 0.6) is 0 Å². The lowest BCUT2D eigenvalue weighted by molar-refractivity contribution is -0.134. The third kappa shape index (κ3) is 11.4. The Morgan fingerprint density at radius 1 is 1.00 bits per heavy atom. The molecule has 0 bridgehead atoms. The highest BCUT2D eigenvalue weighted by molar-refractivity contribution is 7.13. The fourth-order valence-corrected chi connectivity index (χ4v) is 3.50. The summed E-state index contributed by atoms with van der Waals surface area (Å²) < 4.78 is 0. The highest BCUT2D eigenvalue weighted by Gasteiger charge is 2.08. The van der Waals surface area contributed by atoms with Crippen molar-refractivity contribution in [3.8, 4) is 0 Å². The molecule has 190 valence electrons. The SMILES string of the molecule is Nc1nc(CC(=O)Nc2ccc(CCNC[C@H](O)c3ccccc3)cc2)cs1.O=C(O)/C=C/C(=O)O. The molecule has 3 rings (SSSR count). The number of nitrogen functional groups attached to an aromatic ring is 1. The molecule has 0 saturated carbocycles. The highest BCUT2D eigenvalue weighted by Crippen LogP contribution is 2.14. The lowest BCUT2D eigenvalue weighted by atomic mass is 10.1. The number of hydrogen-bond acceptors (Lipinski definition) is 8. The van der Waals surface area contributed by atoms with E-state index in [0.29, 0.717) is 29.5 Å². The van der Waals surface area contributed by atoms with Crippen molar-refractivity contribution in [2.24, 2.45) is 0 Å². The van der Waals surface area contributed by atoms with Gasteiger partial charge in [-0.1, -0.05) is 42.5 Å². The van der Waals surface area contributed by atoms with Gasteiger partial charge in [-0.15, -0.1) is 11.3 Å². The van der Waals surface area contributed by atoms with E-state index < -0.39 is 18.0 Å². The summed E-state index contributed by atoms with van der Waals surface area (Å²) in [7, 11) is 0. The van der Waals surface area contributed by atoms with E-state index in [4.69, 9.17) is 15.9 Å². The van der Waals surface area contributed by atoms with Crippen LogP contribution in [-0.2, 0) is 27.2 Å². The fraction of sp³-hybridized carbons (Fsp3) is 0.200. The summed E-state index contributed by atoms with van der Waals surface area (Å²) in [5.74, 6) is -2.63. The van der Waals surface area contributed by atoms with Gasteiger partial charge in [-0.3, -0.25) is 4.79 Å². The summed E-state index contributed by atoms with van der Waals surface area (Å²) in [5.41, 5.74) is 9.08. The van der Waals surface area contributed by atoms with Gasteiger partial charge in [0.05, 0.1) is 18.2 Å². The fourth-order valence-electron chi connectivity index (χ4n) is 2.94. The topological polar surface area (TPSA) is 175 Å². The van der Waals surface area contributed by atoms with Gasteiger partial charge in [0.2, 0.25) is 5.91 Å². The molecule has 10 nitrogen and oxygen atoms in total. The smallest absolute Gasteiger partial charge is 0.328 e. The van der Waals surface area contributed by atoms with Crippen LogP contribution in [0.2, 0.25) is 0 Å². The van der Waals surface area contributed by atoms with Gasteiger partial charge in [0.15, 0.2) is 5.13 Å². The minimum Gasteiger partial charge on any atom is -0.478 e. The van der Waals surface area contributed by atoms with E-state index in [0.717, 1.165) is 29.8 Å². The Balaban J connectivity index is 0.000000493. The zero-order chi connectivity index (χ0) is 26.3. The van der Waals surface area contributed by atoms with Crippen LogP contribution >= 0.6 is 11.3 Å². The minimum atomic E-state index is -1.26. The van der Waals surface area contributed by atoms with Crippen molar-refractivity contribution < 1.29 is 29.7 Å². The first-order valence-corrected chi connectivity index (χ1v) is 11.8. The molecule has 0 aliphatic rings. The molecule has 0 saturated heterocycles. The number of thiazole rings is 1. The molecule has 3 aromatic rings. The van der Waals surface area contributed by atoms with Crippen molar-refractivity contribution in [2.75, 3.05) is 24.1 Å². The quantitative estimate of drug-likeness (QED) is 0.166. The van der Waals surface area contributed by atoms with E-state index in [2.05, 4.69) is 15.6 Å². The summed E-state index contributed by atoms with van der Waals surface area (Å²) in [6.45, 7) is 1.28. The number of carbonyl (C=O) groups excluding carboxylic acids is 1. The number of aromatic nitrogens is 1. The highest BCUT2D eigenvalue weighted by atomic mass is 32.1. The van der Waals surface area contributed by atoms with Gasteiger partial charge < -0.3 is 31.7 Å². The molecule has 0 aliphatic carbocycles. The number of benzene rings is 2. The summed E-state index contributed by atoms with van der Waals surface area (Å²) in [4.78, 5) is 35.2. The molecular weight excluding hydrogens is 484 g/mol. The summed E-state index contributed by atoms with van der Waals surface area (Å²) in [6, 6.07) is 17.4. The number of hydrogen-bond donors (Lipinski definition) is 6. The van der Waals surface area contributed by atoms with Crippen molar-refractivity contribution in [3.63, 3.8) is 0 Å². The van der Waals surface area contributed by atoms with Crippen LogP contribution in [0, 0.1) is 0 Å². The van der Waals surface area contributed by atoms with Gasteiger partial charge in [-0.2, -0.15) is 0 Å². The third-order valence-electron chi connectivity index (χ3n) is 4.63. The average molecular weight is 513 g/mol. The van der Waals surface area contributed by atoms with Crippen LogP contribution in [0.3, 0.4) is 0 Å². The number of nitrogens with zero attached hydrogens (tertiary/aromatic N) is 1. The van der Waals surface area contributed by atoms with Gasteiger partial charge in [-0.05, 0) is 36.2 Å². The first-order chi connectivity index (χ1) is 17.2. The number of carbonyl (C=O) groups is 3. The first-order valence-electron chi connectivity index (χ1n) is 10.9. The summed E-state index contributed by atoms with van der Waals surface area (Å²) >= 11 is 1.33. The molecule has 1 aromatic heterocycles. The van der Waals surface area contributed by atoms with Crippen molar-refractivity contribution in [1.82, 2.24) is 10.3 Å². The molecule has 0 spiro atoms. The molecule has 7 N–H and O–H groups in total. The van der Waals surface area contributed by atoms with Crippen LogP contribution in [0.15, 0.2) is 72.1 Å². The Morgan fingerprint density at radius 3 is 2.19 bits per heavy atom. The van der Waals surface area contributed by atoms with E-state index in [1.165, 1.54) is 11.3 Å². The van der Waals surface area contributed by atoms with Crippen LogP contribution in [0.4, 0.5) is 10.8 Å². The van der Waals surface area contributed by atoms with Crippen LogP contribution in [0.1, 0.15) is 22.9 Å². The Bertz CT molecular complexity index is 1130. The van der Waals surface area contributed by atoms with Crippen LogP contribution in [-0.4, -0.2) is 51.2 Å². The molecule has 2 aromatic carbocycles. The molecule has 0 aliphatic heterocycles. The van der Waals surface area contributed by atoms with Gasteiger partial charge in [0.1, 0.15) is 0 Å². The summed E-state index contributed by atoms with van der Waals surface area (Å²) in [6.07, 6.45) is 1.66. The number of aliphatic hydroxyl groups is 1. The number of amides is 1. The predicted molar refractivity (Wildman–Crippen MR) is 138 cm³/mol. The van der Waals surface area contributed by atoms with E-state index >= 15 is 0 Å². The molecular formula is C25H28N4O6S. The number of carboxylic acid groups (broad SMARTS) is 2. The van der Waals surface area contributed by atoms with Gasteiger partial charge in [0.25, 0.3) is 0 Å². The number of aliphatic carboxylic acids is 2. The standard InChI is InChI=1S/C21H24N4O2S.C4H4O4/c22-21-25-18(14-28-21)12-20(27)24-17-8-6-15(7-9-17)10-11-23-13-19(26)16-4-2-1-3-5-16;5-3(6)1-2-4(7)8/h1-9,14,19,23,26H,10-13H2,(H2,22,25)(H,24,27);1-2H,(H,5,6)(H,7,8)/b;2-1+/t19-;/m0./s1. The van der Waals surface area contributed by atoms with Crippen molar-refractivity contribution >= 4 is 40.0 Å². The number of anilines is 2. The lowest BCUT2D eigenvalue weighted by Gasteiger charge is -2.12. The van der Waals surface area contributed by atoms with Crippen molar-refractivity contribution in [3.05, 3.63) is 89.0 Å². The van der Waals surface area contributed by atoms with Gasteiger partial charge in [-0.25, -0.2) is 14.6 Å². The Morgan fingerprint density at radius 2 is 1.64 bits per heavy atom. The van der Waals surface area contributed by atoms with Crippen LogP contribution < -0.4 is 16.4 Å². The van der Waals surface area contributed by atoms with Crippen LogP contribution in [0.25, 0.3) is 0 Å². The van der Waals surface area contributed by atoms with E-state index in [9.17, 15) is 19.5 Å². The number of carboxylic acids is 2. The Kier molecular flexibility index (Phi) is 11.8. The zero-order valence-corrected chi connectivity index (χ0v) is 20.1. The lowest BCUT2D eigenvalue weighted by Crippen LogP contribution is -2.23. The minimum absolute atomic E-state index is 0.116. The first kappa shape index (κ1) is 28.2. The van der Waals surface area contributed by atoms with E-state index in [-0.39, 0.29) is 12.3 Å². The van der Waals surface area contributed by atoms with Crippen molar-refractivity contribution in [2.45, 2.75) is 18.9 Å². The second-order valence-electron chi connectivity index (χ2n) is 7.49. The monoisotopic (exact) mass is 512 g/mol. The normalized spacial score (nSPS) is 11.4. The Labute approximate surface area is 212 Å². The maximum atomic E-state index is 12.0. The second kappa shape index (κ2) is 15.0. The Hall–Kier alpha value is -4.06. The van der Waals surface area contributed by atoms with Gasteiger partial charge in [0, 0.05) is 29.8 Å². The van der Waals surface area contributed by atoms with Crippen molar-refractivity contribution in [1.29, 1.82) is 0 Å². The number of aliphatic hydroxyl groups excluding tert-OH is 1. The maximum Gasteiger partial charge on any atom is 0.328 e. The molecule has 0 radical (unpaired) electrons. The second-order valence-corrected chi connectivity index (χ2v) is 8.38. The molecule has 36 heavy (non-hydrogen) atoms. The number of rotatable bonds is 11. The summed E-state index contributed by atoms with van der Waals surface area (Å²) in [5, 5.41) is 34.2.